The number of hydrogen-bond donors (Lipinski definition) is 2. The maximum absolute atomic E-state index is 13.7. The lowest BCUT2D eigenvalue weighted by Crippen LogP contribution is -2.39. The number of pyridine rings is 1. The second-order valence-corrected chi connectivity index (χ2v) is 9.43. The number of hydrogen-bond acceptors (Lipinski definition) is 6. The number of carbonyl (C=O) groups is 2. The summed E-state index contributed by atoms with van der Waals surface area (Å²) in [5.41, 5.74) is 0.612. The zero-order chi connectivity index (χ0) is 26.9. The van der Waals surface area contributed by atoms with E-state index in [1.807, 2.05) is 0 Å². The minimum Gasteiger partial charge on any atom is -0.493 e. The first-order valence-electron chi connectivity index (χ1n) is 12.3. The summed E-state index contributed by atoms with van der Waals surface area (Å²) < 4.78 is 30.5. The SMILES string of the molecule is COc1cc2nccc(Oc3ccc(NC(=O)C4(C(=O)NC5=CC(C)C(F)C=C5)CC4)cc3)c2cc1OC. The Morgan fingerprint density at radius 1 is 0.974 bits per heavy atom. The largest absolute Gasteiger partial charge is 0.493 e. The van der Waals surface area contributed by atoms with Gasteiger partial charge in [0.25, 0.3) is 0 Å². The Morgan fingerprint density at radius 3 is 2.32 bits per heavy atom. The molecular weight excluding hydrogens is 489 g/mol. The van der Waals surface area contributed by atoms with Gasteiger partial charge < -0.3 is 24.8 Å². The molecule has 3 aromatic rings. The predicted octanol–water partition coefficient (Wildman–Crippen LogP) is 5.31. The van der Waals surface area contributed by atoms with Gasteiger partial charge in [-0.1, -0.05) is 13.0 Å². The van der Waals surface area contributed by atoms with Crippen molar-refractivity contribution >= 4 is 28.4 Å². The minimum atomic E-state index is -1.13. The Hall–Kier alpha value is -4.40. The number of nitrogens with one attached hydrogen (secondary N) is 2. The summed E-state index contributed by atoms with van der Waals surface area (Å²) in [4.78, 5) is 30.3. The van der Waals surface area contributed by atoms with Crippen LogP contribution in [0.1, 0.15) is 19.8 Å². The number of fused-ring (bicyclic) bond motifs is 1. The third-order valence-corrected chi connectivity index (χ3v) is 6.83. The van der Waals surface area contributed by atoms with Gasteiger partial charge in [-0.2, -0.15) is 0 Å². The Balaban J connectivity index is 1.26. The molecule has 2 aliphatic carbocycles. The van der Waals surface area contributed by atoms with Gasteiger partial charge in [-0.05, 0) is 61.4 Å². The van der Waals surface area contributed by atoms with Crippen LogP contribution in [0.25, 0.3) is 10.9 Å². The monoisotopic (exact) mass is 517 g/mol. The number of ether oxygens (including phenoxy) is 3. The number of aromatic nitrogens is 1. The van der Waals surface area contributed by atoms with Gasteiger partial charge in [-0.25, -0.2) is 4.39 Å². The summed E-state index contributed by atoms with van der Waals surface area (Å²) in [5, 5.41) is 6.36. The molecule has 8 nitrogen and oxygen atoms in total. The van der Waals surface area contributed by atoms with Crippen LogP contribution < -0.4 is 24.8 Å². The van der Waals surface area contributed by atoms with Crippen molar-refractivity contribution in [1.29, 1.82) is 0 Å². The third kappa shape index (κ3) is 4.91. The van der Waals surface area contributed by atoms with Crippen molar-refractivity contribution in [2.24, 2.45) is 11.3 Å². The number of alkyl halides is 1. The van der Waals surface area contributed by atoms with Crippen molar-refractivity contribution in [2.75, 3.05) is 19.5 Å². The fourth-order valence-electron chi connectivity index (χ4n) is 4.34. The zero-order valence-electron chi connectivity index (χ0n) is 21.3. The van der Waals surface area contributed by atoms with Crippen molar-refractivity contribution < 1.29 is 28.2 Å². The van der Waals surface area contributed by atoms with Gasteiger partial charge in [-0.3, -0.25) is 14.6 Å². The highest BCUT2D eigenvalue weighted by atomic mass is 19.1. The fourth-order valence-corrected chi connectivity index (χ4v) is 4.34. The average molecular weight is 518 g/mol. The number of carbonyl (C=O) groups excluding carboxylic acids is 2. The van der Waals surface area contributed by atoms with E-state index in [9.17, 15) is 14.0 Å². The van der Waals surface area contributed by atoms with Crippen LogP contribution in [-0.2, 0) is 9.59 Å². The van der Waals surface area contributed by atoms with Crippen LogP contribution in [0.5, 0.6) is 23.0 Å². The van der Waals surface area contributed by atoms with Crippen LogP contribution in [0, 0.1) is 11.3 Å². The summed E-state index contributed by atoms with van der Waals surface area (Å²) in [7, 11) is 3.13. The molecule has 0 bridgehead atoms. The van der Waals surface area contributed by atoms with Gasteiger partial charge in [0.05, 0.1) is 19.7 Å². The minimum absolute atomic E-state index is 0.338. The summed E-state index contributed by atoms with van der Waals surface area (Å²) in [6.45, 7) is 1.73. The molecule has 2 aliphatic rings. The van der Waals surface area contributed by atoms with Crippen LogP contribution in [0.2, 0.25) is 0 Å². The predicted molar refractivity (Wildman–Crippen MR) is 141 cm³/mol. The highest BCUT2D eigenvalue weighted by Crippen LogP contribution is 2.47. The molecule has 38 heavy (non-hydrogen) atoms. The molecule has 9 heteroatoms. The number of nitrogens with zero attached hydrogens (tertiary/aromatic N) is 1. The fraction of sp³-hybridized carbons (Fsp3) is 0.276. The lowest BCUT2D eigenvalue weighted by Gasteiger charge is -2.20. The maximum Gasteiger partial charge on any atom is 0.240 e. The molecule has 2 aromatic carbocycles. The van der Waals surface area contributed by atoms with Gasteiger partial charge in [0.2, 0.25) is 11.8 Å². The highest BCUT2D eigenvalue weighted by molar-refractivity contribution is 6.13. The Morgan fingerprint density at radius 2 is 1.66 bits per heavy atom. The van der Waals surface area contributed by atoms with Gasteiger partial charge in [0.15, 0.2) is 11.5 Å². The molecule has 0 saturated heterocycles. The Bertz CT molecular complexity index is 1450. The molecule has 196 valence electrons. The molecule has 2 amide bonds. The Kier molecular flexibility index (Phi) is 6.75. The number of amides is 2. The van der Waals surface area contributed by atoms with Crippen molar-refractivity contribution in [1.82, 2.24) is 10.3 Å². The van der Waals surface area contributed by atoms with Crippen molar-refractivity contribution in [3.8, 4) is 23.0 Å². The van der Waals surface area contributed by atoms with E-state index in [1.54, 1.807) is 75.9 Å². The molecule has 5 rings (SSSR count). The van der Waals surface area contributed by atoms with Crippen molar-refractivity contribution in [2.45, 2.75) is 25.9 Å². The van der Waals surface area contributed by atoms with Gasteiger partial charge in [-0.15, -0.1) is 0 Å². The van der Waals surface area contributed by atoms with Crippen LogP contribution in [0.15, 0.2) is 72.6 Å². The summed E-state index contributed by atoms with van der Waals surface area (Å²) in [6, 6.07) is 12.2. The number of allylic oxidation sites excluding steroid dienone is 3. The van der Waals surface area contributed by atoms with E-state index in [-0.39, 0.29) is 17.7 Å². The molecule has 0 radical (unpaired) electrons. The average Bonchev–Trinajstić information content (AvgIpc) is 3.74. The number of benzene rings is 2. The van der Waals surface area contributed by atoms with Gasteiger partial charge in [0, 0.05) is 35.0 Å². The van der Waals surface area contributed by atoms with Crippen molar-refractivity contribution in [3.63, 3.8) is 0 Å². The molecule has 1 aromatic heterocycles. The third-order valence-electron chi connectivity index (χ3n) is 6.83. The van der Waals surface area contributed by atoms with Gasteiger partial charge in [0.1, 0.15) is 23.1 Å². The number of halogens is 1. The molecule has 1 fully saturated rings. The van der Waals surface area contributed by atoms with Crippen LogP contribution in [-0.4, -0.2) is 37.2 Å². The van der Waals surface area contributed by atoms with Crippen molar-refractivity contribution in [3.05, 3.63) is 72.6 Å². The quantitative estimate of drug-likeness (QED) is 0.393. The highest BCUT2D eigenvalue weighted by Gasteiger charge is 2.56. The molecule has 1 heterocycles. The van der Waals surface area contributed by atoms with Crippen LogP contribution in [0.4, 0.5) is 10.1 Å². The Labute approximate surface area is 219 Å². The summed E-state index contributed by atoms with van der Waals surface area (Å²) in [6.07, 6.45) is 6.08. The molecular formula is C29H28FN3O5. The molecule has 2 unspecified atom stereocenters. The lowest BCUT2D eigenvalue weighted by atomic mass is 9.98. The molecule has 2 N–H and O–H groups in total. The molecule has 2 atom stereocenters. The summed E-state index contributed by atoms with van der Waals surface area (Å²) in [5.74, 6) is 1.18. The maximum atomic E-state index is 13.7. The summed E-state index contributed by atoms with van der Waals surface area (Å²) >= 11 is 0. The smallest absolute Gasteiger partial charge is 0.240 e. The second kappa shape index (κ2) is 10.2. The first-order chi connectivity index (χ1) is 18.3. The van der Waals surface area contributed by atoms with Gasteiger partial charge >= 0.3 is 0 Å². The number of rotatable bonds is 8. The first-order valence-corrected chi connectivity index (χ1v) is 12.3. The zero-order valence-corrected chi connectivity index (χ0v) is 21.3. The standard InChI is InChI=1S/C29H28FN3O5/c1-17-14-19(6-9-22(17)30)33-28(35)29(11-12-29)27(34)32-18-4-7-20(8-5-18)38-24-10-13-31-23-16-26(37-3)25(36-2)15-21(23)24/h4-10,13-17,22H,11-12H2,1-3H3,(H,32,34)(H,33,35). The lowest BCUT2D eigenvalue weighted by molar-refractivity contribution is -0.133. The van der Waals surface area contributed by atoms with E-state index in [1.165, 1.54) is 12.2 Å². The van der Waals surface area contributed by atoms with E-state index in [4.69, 9.17) is 14.2 Å². The topological polar surface area (TPSA) is 98.8 Å². The van der Waals surface area contributed by atoms with Crippen LogP contribution >= 0.6 is 0 Å². The van der Waals surface area contributed by atoms with E-state index in [2.05, 4.69) is 15.6 Å². The van der Waals surface area contributed by atoms with Crippen LogP contribution in [0.3, 0.4) is 0 Å². The first kappa shape index (κ1) is 25.3. The second-order valence-electron chi connectivity index (χ2n) is 9.43. The van der Waals surface area contributed by atoms with E-state index >= 15 is 0 Å². The van der Waals surface area contributed by atoms with E-state index in [0.717, 1.165) is 5.39 Å². The molecule has 0 aliphatic heterocycles. The van der Waals surface area contributed by atoms with E-state index < -0.39 is 11.6 Å². The molecule has 1 saturated carbocycles. The normalized spacial score (nSPS) is 19.3. The number of methoxy groups -OCH3 is 2. The van der Waals surface area contributed by atoms with E-state index in [0.29, 0.717) is 52.7 Å². The molecule has 0 spiro atoms. The number of anilines is 1.